The average molecular weight is 408 g/mol. The summed E-state index contributed by atoms with van der Waals surface area (Å²) in [5.41, 5.74) is 3.54. The van der Waals surface area contributed by atoms with Crippen molar-refractivity contribution in [3.8, 4) is 0 Å². The van der Waals surface area contributed by atoms with E-state index in [-0.39, 0.29) is 6.10 Å². The zero-order valence-electron chi connectivity index (χ0n) is 17.6. The lowest BCUT2D eigenvalue weighted by Crippen LogP contribution is -2.48. The van der Waals surface area contributed by atoms with Gasteiger partial charge in [0.05, 0.1) is 32.4 Å². The Kier molecular flexibility index (Phi) is 6.44. The quantitative estimate of drug-likeness (QED) is 0.501. The number of morpholine rings is 1. The monoisotopic (exact) mass is 407 g/mol. The van der Waals surface area contributed by atoms with Gasteiger partial charge in [0, 0.05) is 44.3 Å². The van der Waals surface area contributed by atoms with Crippen LogP contribution in [-0.2, 0) is 24.9 Å². The lowest BCUT2D eigenvalue weighted by Gasteiger charge is -2.34. The molecular formula is C22H29N7O. The average Bonchev–Trinajstić information content (AvgIpc) is 3.44. The highest BCUT2D eigenvalue weighted by Gasteiger charge is 2.25. The standard InChI is InChI=1S/C22H29N7O/c1-3-23-22(28-11-12-30-21(17-28)20-14-26-27(2)15-20)24-13-18-7-4-5-8-19(18)16-29-10-6-9-25-29/h4-10,14-15,21H,3,11-13,16-17H2,1-2H3,(H,23,24). The van der Waals surface area contributed by atoms with Crippen LogP contribution in [0.3, 0.4) is 0 Å². The molecule has 4 rings (SSSR count). The second-order valence-corrected chi connectivity index (χ2v) is 7.40. The van der Waals surface area contributed by atoms with E-state index in [1.165, 1.54) is 11.1 Å². The molecule has 1 aliphatic heterocycles. The molecule has 1 saturated heterocycles. The van der Waals surface area contributed by atoms with Crippen molar-refractivity contribution in [2.24, 2.45) is 12.0 Å². The Balaban J connectivity index is 1.49. The van der Waals surface area contributed by atoms with Gasteiger partial charge in [-0.25, -0.2) is 4.99 Å². The molecule has 0 bridgehead atoms. The van der Waals surface area contributed by atoms with Crippen molar-refractivity contribution < 1.29 is 4.74 Å². The van der Waals surface area contributed by atoms with E-state index in [0.29, 0.717) is 13.2 Å². The highest BCUT2D eigenvalue weighted by atomic mass is 16.5. The lowest BCUT2D eigenvalue weighted by atomic mass is 10.1. The van der Waals surface area contributed by atoms with Gasteiger partial charge in [0.2, 0.25) is 0 Å². The molecule has 1 aromatic carbocycles. The van der Waals surface area contributed by atoms with E-state index in [2.05, 4.69) is 51.6 Å². The molecule has 0 saturated carbocycles. The topological polar surface area (TPSA) is 72.5 Å². The maximum Gasteiger partial charge on any atom is 0.194 e. The number of aliphatic imine (C=N–C) groups is 1. The zero-order valence-corrected chi connectivity index (χ0v) is 17.6. The van der Waals surface area contributed by atoms with Crippen LogP contribution >= 0.6 is 0 Å². The van der Waals surface area contributed by atoms with E-state index in [1.807, 2.05) is 41.1 Å². The van der Waals surface area contributed by atoms with Crippen LogP contribution in [0.5, 0.6) is 0 Å². The molecule has 30 heavy (non-hydrogen) atoms. The summed E-state index contributed by atoms with van der Waals surface area (Å²) in [4.78, 5) is 7.23. The molecule has 1 atom stereocenters. The van der Waals surface area contributed by atoms with Gasteiger partial charge in [0.25, 0.3) is 0 Å². The van der Waals surface area contributed by atoms with Crippen LogP contribution in [0.1, 0.15) is 29.7 Å². The Hall–Kier alpha value is -3.13. The van der Waals surface area contributed by atoms with Crippen molar-refractivity contribution in [2.75, 3.05) is 26.2 Å². The maximum absolute atomic E-state index is 5.99. The highest BCUT2D eigenvalue weighted by Crippen LogP contribution is 2.22. The number of guanidine groups is 1. The van der Waals surface area contributed by atoms with Crippen LogP contribution in [-0.4, -0.2) is 56.7 Å². The molecule has 2 aromatic heterocycles. The first kappa shape index (κ1) is 20.2. The fourth-order valence-corrected chi connectivity index (χ4v) is 3.67. The van der Waals surface area contributed by atoms with E-state index >= 15 is 0 Å². The second kappa shape index (κ2) is 9.58. The number of hydrogen-bond acceptors (Lipinski definition) is 4. The summed E-state index contributed by atoms with van der Waals surface area (Å²) in [6.07, 6.45) is 7.69. The van der Waals surface area contributed by atoms with Crippen LogP contribution in [0.2, 0.25) is 0 Å². The summed E-state index contributed by atoms with van der Waals surface area (Å²) >= 11 is 0. The minimum atomic E-state index is 0.00316. The minimum Gasteiger partial charge on any atom is -0.370 e. The van der Waals surface area contributed by atoms with E-state index in [4.69, 9.17) is 9.73 Å². The summed E-state index contributed by atoms with van der Waals surface area (Å²) in [6.45, 7) is 6.53. The molecule has 0 spiro atoms. The number of nitrogens with zero attached hydrogens (tertiary/aromatic N) is 6. The Bertz CT molecular complexity index is 964. The molecule has 8 nitrogen and oxygen atoms in total. The molecule has 1 fully saturated rings. The second-order valence-electron chi connectivity index (χ2n) is 7.40. The van der Waals surface area contributed by atoms with Gasteiger partial charge in [-0.3, -0.25) is 9.36 Å². The largest absolute Gasteiger partial charge is 0.370 e. The molecule has 1 aliphatic rings. The third kappa shape index (κ3) is 4.88. The van der Waals surface area contributed by atoms with Crippen molar-refractivity contribution in [2.45, 2.75) is 26.1 Å². The van der Waals surface area contributed by atoms with Gasteiger partial charge >= 0.3 is 0 Å². The number of aryl methyl sites for hydroxylation is 1. The molecular weight excluding hydrogens is 378 g/mol. The third-order valence-corrected chi connectivity index (χ3v) is 5.21. The minimum absolute atomic E-state index is 0.00316. The first-order chi connectivity index (χ1) is 14.7. The highest BCUT2D eigenvalue weighted by molar-refractivity contribution is 5.80. The predicted octanol–water partition coefficient (Wildman–Crippen LogP) is 2.20. The van der Waals surface area contributed by atoms with Crippen LogP contribution in [0.25, 0.3) is 0 Å². The summed E-state index contributed by atoms with van der Waals surface area (Å²) < 4.78 is 9.74. The Labute approximate surface area is 177 Å². The normalized spacial score (nSPS) is 17.3. The molecule has 8 heteroatoms. The number of ether oxygens (including phenoxy) is 1. The SMILES string of the molecule is CCNC(=NCc1ccccc1Cn1cccn1)N1CCOC(c2cnn(C)c2)C1. The number of nitrogens with one attached hydrogen (secondary N) is 1. The molecule has 0 radical (unpaired) electrons. The number of hydrogen-bond donors (Lipinski definition) is 1. The first-order valence-electron chi connectivity index (χ1n) is 10.4. The van der Waals surface area contributed by atoms with Crippen molar-refractivity contribution in [3.63, 3.8) is 0 Å². The number of benzene rings is 1. The fraction of sp³-hybridized carbons (Fsp3) is 0.409. The molecule has 3 heterocycles. The van der Waals surface area contributed by atoms with Crippen molar-refractivity contribution in [3.05, 3.63) is 71.8 Å². The number of rotatable bonds is 6. The molecule has 1 unspecified atom stereocenters. The predicted molar refractivity (Wildman–Crippen MR) is 116 cm³/mol. The molecule has 3 aromatic rings. The van der Waals surface area contributed by atoms with Gasteiger partial charge in [-0.15, -0.1) is 0 Å². The lowest BCUT2D eigenvalue weighted by molar-refractivity contribution is -0.00805. The van der Waals surface area contributed by atoms with E-state index in [9.17, 15) is 0 Å². The maximum atomic E-state index is 5.99. The molecule has 0 aliphatic carbocycles. The van der Waals surface area contributed by atoms with Gasteiger partial charge < -0.3 is 15.0 Å². The van der Waals surface area contributed by atoms with Crippen LogP contribution in [0.15, 0.2) is 60.1 Å². The van der Waals surface area contributed by atoms with Crippen molar-refractivity contribution >= 4 is 5.96 Å². The Morgan fingerprint density at radius 1 is 1.23 bits per heavy atom. The van der Waals surface area contributed by atoms with Crippen molar-refractivity contribution in [1.29, 1.82) is 0 Å². The summed E-state index contributed by atoms with van der Waals surface area (Å²) in [6, 6.07) is 10.4. The summed E-state index contributed by atoms with van der Waals surface area (Å²) in [7, 11) is 1.93. The van der Waals surface area contributed by atoms with Crippen LogP contribution < -0.4 is 5.32 Å². The van der Waals surface area contributed by atoms with Gasteiger partial charge in [0.1, 0.15) is 6.10 Å². The van der Waals surface area contributed by atoms with Gasteiger partial charge in [0.15, 0.2) is 5.96 Å². The first-order valence-corrected chi connectivity index (χ1v) is 10.4. The fourth-order valence-electron chi connectivity index (χ4n) is 3.67. The van der Waals surface area contributed by atoms with Crippen LogP contribution in [0.4, 0.5) is 0 Å². The van der Waals surface area contributed by atoms with Gasteiger partial charge in [-0.2, -0.15) is 10.2 Å². The Morgan fingerprint density at radius 2 is 2.10 bits per heavy atom. The summed E-state index contributed by atoms with van der Waals surface area (Å²) in [5.74, 6) is 0.920. The zero-order chi connectivity index (χ0) is 20.8. The molecule has 1 N–H and O–H groups in total. The summed E-state index contributed by atoms with van der Waals surface area (Å²) in [5, 5.41) is 12.1. The smallest absolute Gasteiger partial charge is 0.194 e. The molecule has 0 amide bonds. The van der Waals surface area contributed by atoms with E-state index in [1.54, 1.807) is 6.20 Å². The third-order valence-electron chi connectivity index (χ3n) is 5.21. The van der Waals surface area contributed by atoms with Crippen LogP contribution in [0, 0.1) is 0 Å². The van der Waals surface area contributed by atoms with E-state index < -0.39 is 0 Å². The van der Waals surface area contributed by atoms with Gasteiger partial charge in [-0.1, -0.05) is 24.3 Å². The molecule has 158 valence electrons. The van der Waals surface area contributed by atoms with Crippen molar-refractivity contribution in [1.82, 2.24) is 29.8 Å². The number of aromatic nitrogens is 4. The van der Waals surface area contributed by atoms with Gasteiger partial charge in [-0.05, 0) is 24.1 Å². The van der Waals surface area contributed by atoms with E-state index in [0.717, 1.165) is 37.7 Å². The Morgan fingerprint density at radius 3 is 2.83 bits per heavy atom.